The molecule has 2 aromatic heterocycles. The van der Waals surface area contributed by atoms with Gasteiger partial charge in [-0.25, -0.2) is 14.0 Å². The minimum Gasteiger partial charge on any atom is -0.468 e. The van der Waals surface area contributed by atoms with E-state index in [1.165, 1.54) is 4.68 Å². The molecule has 0 saturated heterocycles. The van der Waals surface area contributed by atoms with Gasteiger partial charge in [-0.3, -0.25) is 9.48 Å². The van der Waals surface area contributed by atoms with Gasteiger partial charge in [0.25, 0.3) is 5.88 Å². The van der Waals surface area contributed by atoms with Gasteiger partial charge in [-0.15, -0.1) is 5.10 Å². The predicted molar refractivity (Wildman–Crippen MR) is 117 cm³/mol. The van der Waals surface area contributed by atoms with Crippen molar-refractivity contribution in [1.82, 2.24) is 24.1 Å². The molecular formula is C23H23N5O4. The number of hydrogen-bond acceptors (Lipinski definition) is 6. The normalized spacial score (nSPS) is 10.9. The smallest absolute Gasteiger partial charge is 0.349 e. The van der Waals surface area contributed by atoms with Crippen molar-refractivity contribution in [1.29, 1.82) is 0 Å². The summed E-state index contributed by atoms with van der Waals surface area (Å²) in [5.74, 6) is -0.155. The second-order valence-electron chi connectivity index (χ2n) is 7.05. The second kappa shape index (κ2) is 10.4. The highest BCUT2D eigenvalue weighted by atomic mass is 16.5. The lowest BCUT2D eigenvalue weighted by molar-refractivity contribution is 0.0555. The SMILES string of the molecule is O=c1c(OCc2ccccc2)nn(CCn2cccn2)c(=O)n1COCc1ccccc1. The summed E-state index contributed by atoms with van der Waals surface area (Å²) in [7, 11) is 0. The third-order valence-electron chi connectivity index (χ3n) is 4.74. The van der Waals surface area contributed by atoms with Crippen molar-refractivity contribution in [2.45, 2.75) is 33.0 Å². The largest absolute Gasteiger partial charge is 0.468 e. The van der Waals surface area contributed by atoms with Crippen molar-refractivity contribution in [2.24, 2.45) is 0 Å². The zero-order chi connectivity index (χ0) is 22.2. The summed E-state index contributed by atoms with van der Waals surface area (Å²) in [6.45, 7) is 0.856. The van der Waals surface area contributed by atoms with E-state index in [1.54, 1.807) is 23.1 Å². The quantitative estimate of drug-likeness (QED) is 0.380. The van der Waals surface area contributed by atoms with E-state index in [1.807, 2.05) is 60.7 Å². The molecule has 0 aliphatic carbocycles. The van der Waals surface area contributed by atoms with E-state index < -0.39 is 11.2 Å². The molecule has 164 valence electrons. The maximum absolute atomic E-state index is 12.9. The lowest BCUT2D eigenvalue weighted by Crippen LogP contribution is -2.43. The van der Waals surface area contributed by atoms with E-state index in [0.29, 0.717) is 6.54 Å². The van der Waals surface area contributed by atoms with Crippen molar-refractivity contribution in [3.05, 3.63) is 111 Å². The maximum Gasteiger partial charge on any atom is 0.349 e. The summed E-state index contributed by atoms with van der Waals surface area (Å²) in [6.07, 6.45) is 3.44. The molecule has 9 nitrogen and oxygen atoms in total. The molecule has 2 aromatic carbocycles. The standard InChI is InChI=1S/C23H23N5O4/c29-22-21(32-17-20-10-5-2-6-11-20)25-28(15-14-26-13-7-12-24-26)23(30)27(22)18-31-16-19-8-3-1-4-9-19/h1-13H,14-18H2. The summed E-state index contributed by atoms with van der Waals surface area (Å²) in [5, 5.41) is 8.30. The molecule has 0 aliphatic rings. The summed E-state index contributed by atoms with van der Waals surface area (Å²) in [5.41, 5.74) is 0.626. The Morgan fingerprint density at radius 1 is 0.812 bits per heavy atom. The topological polar surface area (TPSA) is 93.2 Å². The Kier molecular flexibility index (Phi) is 6.88. The van der Waals surface area contributed by atoms with Crippen molar-refractivity contribution >= 4 is 0 Å². The van der Waals surface area contributed by atoms with Crippen LogP contribution in [0.25, 0.3) is 0 Å². The molecule has 0 spiro atoms. The Hall–Kier alpha value is -3.98. The van der Waals surface area contributed by atoms with E-state index in [2.05, 4.69) is 10.2 Å². The summed E-state index contributed by atoms with van der Waals surface area (Å²) < 4.78 is 15.2. The van der Waals surface area contributed by atoms with Crippen LogP contribution in [0.4, 0.5) is 0 Å². The van der Waals surface area contributed by atoms with Crippen LogP contribution in [0.2, 0.25) is 0 Å². The zero-order valence-corrected chi connectivity index (χ0v) is 17.4. The highest BCUT2D eigenvalue weighted by Crippen LogP contribution is 2.05. The van der Waals surface area contributed by atoms with Gasteiger partial charge in [0.2, 0.25) is 0 Å². The molecule has 0 radical (unpaired) electrons. The van der Waals surface area contributed by atoms with E-state index >= 15 is 0 Å². The Bertz CT molecular complexity index is 1240. The highest BCUT2D eigenvalue weighted by Gasteiger charge is 2.15. The van der Waals surface area contributed by atoms with Gasteiger partial charge in [0, 0.05) is 12.4 Å². The van der Waals surface area contributed by atoms with Gasteiger partial charge in [0.1, 0.15) is 13.3 Å². The number of aryl methyl sites for hydroxylation is 2. The third kappa shape index (κ3) is 5.38. The number of ether oxygens (including phenoxy) is 2. The van der Waals surface area contributed by atoms with Crippen LogP contribution in [0, 0.1) is 0 Å². The fourth-order valence-corrected chi connectivity index (χ4v) is 3.07. The monoisotopic (exact) mass is 433 g/mol. The fraction of sp³-hybridized carbons (Fsp3) is 0.217. The minimum atomic E-state index is -0.630. The molecule has 0 amide bonds. The lowest BCUT2D eigenvalue weighted by Gasteiger charge is -2.13. The molecule has 2 heterocycles. The number of hydrogen-bond donors (Lipinski definition) is 0. The predicted octanol–water partition coefficient (Wildman–Crippen LogP) is 2.05. The first-order chi connectivity index (χ1) is 15.7. The van der Waals surface area contributed by atoms with Crippen molar-refractivity contribution in [2.75, 3.05) is 0 Å². The van der Waals surface area contributed by atoms with Crippen LogP contribution in [0.5, 0.6) is 5.88 Å². The van der Waals surface area contributed by atoms with Crippen LogP contribution in [0.3, 0.4) is 0 Å². The van der Waals surface area contributed by atoms with Crippen LogP contribution in [-0.4, -0.2) is 24.1 Å². The first-order valence-electron chi connectivity index (χ1n) is 10.2. The molecule has 4 aromatic rings. The van der Waals surface area contributed by atoms with Gasteiger partial charge in [-0.05, 0) is 17.2 Å². The van der Waals surface area contributed by atoms with Gasteiger partial charge >= 0.3 is 11.2 Å². The van der Waals surface area contributed by atoms with E-state index in [-0.39, 0.29) is 32.4 Å². The van der Waals surface area contributed by atoms with E-state index in [0.717, 1.165) is 15.7 Å². The second-order valence-corrected chi connectivity index (χ2v) is 7.05. The average molecular weight is 433 g/mol. The van der Waals surface area contributed by atoms with Crippen LogP contribution >= 0.6 is 0 Å². The Labute approximate surface area is 184 Å². The number of nitrogens with zero attached hydrogens (tertiary/aromatic N) is 5. The van der Waals surface area contributed by atoms with Crippen molar-refractivity contribution < 1.29 is 9.47 Å². The number of aromatic nitrogens is 5. The third-order valence-corrected chi connectivity index (χ3v) is 4.74. The summed E-state index contributed by atoms with van der Waals surface area (Å²) >= 11 is 0. The van der Waals surface area contributed by atoms with E-state index in [9.17, 15) is 9.59 Å². The molecule has 9 heteroatoms. The molecule has 0 atom stereocenters. The Balaban J connectivity index is 1.56. The zero-order valence-electron chi connectivity index (χ0n) is 17.4. The first-order valence-corrected chi connectivity index (χ1v) is 10.2. The van der Waals surface area contributed by atoms with Gasteiger partial charge in [-0.2, -0.15) is 5.10 Å². The highest BCUT2D eigenvalue weighted by molar-refractivity contribution is 5.15. The molecule has 32 heavy (non-hydrogen) atoms. The molecule has 0 bridgehead atoms. The van der Waals surface area contributed by atoms with Gasteiger partial charge < -0.3 is 9.47 Å². The Morgan fingerprint density at radius 2 is 1.50 bits per heavy atom. The van der Waals surface area contributed by atoms with Gasteiger partial charge in [-0.1, -0.05) is 60.7 Å². The van der Waals surface area contributed by atoms with E-state index in [4.69, 9.17) is 9.47 Å². The fourth-order valence-electron chi connectivity index (χ4n) is 3.07. The molecule has 0 N–H and O–H groups in total. The van der Waals surface area contributed by atoms with Gasteiger partial charge in [0.05, 0.1) is 19.7 Å². The van der Waals surface area contributed by atoms with Gasteiger partial charge in [0.15, 0.2) is 0 Å². The van der Waals surface area contributed by atoms with Crippen LogP contribution in [-0.2, 0) is 37.8 Å². The van der Waals surface area contributed by atoms with Crippen LogP contribution < -0.4 is 16.0 Å². The van der Waals surface area contributed by atoms with Crippen molar-refractivity contribution in [3.8, 4) is 5.88 Å². The minimum absolute atomic E-state index is 0.155. The number of rotatable bonds is 10. The number of benzene rings is 2. The molecule has 0 aliphatic heterocycles. The van der Waals surface area contributed by atoms with Crippen molar-refractivity contribution in [3.63, 3.8) is 0 Å². The first kappa shape index (κ1) is 21.3. The molecule has 0 saturated carbocycles. The molecular weight excluding hydrogens is 410 g/mol. The lowest BCUT2D eigenvalue weighted by atomic mass is 10.2. The Morgan fingerprint density at radius 3 is 2.16 bits per heavy atom. The average Bonchev–Trinajstić information content (AvgIpc) is 3.35. The summed E-state index contributed by atoms with van der Waals surface area (Å²) in [6, 6.07) is 20.7. The molecule has 0 unspecified atom stereocenters. The van der Waals surface area contributed by atoms with Crippen LogP contribution in [0.15, 0.2) is 88.7 Å². The molecule has 0 fully saturated rings. The summed E-state index contributed by atoms with van der Waals surface area (Å²) in [4.78, 5) is 25.8. The maximum atomic E-state index is 12.9. The molecule has 4 rings (SSSR count). The van der Waals surface area contributed by atoms with Crippen LogP contribution in [0.1, 0.15) is 11.1 Å².